The van der Waals surface area contributed by atoms with Crippen molar-refractivity contribution < 1.29 is 0 Å². The fourth-order valence-electron chi connectivity index (χ4n) is 3.57. The van der Waals surface area contributed by atoms with Crippen LogP contribution in [0.15, 0.2) is 54.6 Å². The van der Waals surface area contributed by atoms with Crippen LogP contribution in [0.1, 0.15) is 38.3 Å². The van der Waals surface area contributed by atoms with E-state index < -0.39 is 0 Å². The molecular weight excluding hydrogens is 292 g/mol. The van der Waals surface area contributed by atoms with Gasteiger partial charge in [-0.25, -0.2) is 0 Å². The van der Waals surface area contributed by atoms with Crippen LogP contribution in [0.25, 0.3) is 11.1 Å². The lowest BCUT2D eigenvalue weighted by molar-refractivity contribution is 0.160. The van der Waals surface area contributed by atoms with Crippen molar-refractivity contribution in [2.45, 2.75) is 32.7 Å². The third-order valence-electron chi connectivity index (χ3n) is 5.01. The average molecular weight is 322 g/mol. The molecule has 1 heterocycles. The maximum Gasteiger partial charge on any atom is 0.0349 e. The number of rotatable bonds is 6. The smallest absolute Gasteiger partial charge is 0.0349 e. The minimum absolute atomic E-state index is 0.555. The zero-order chi connectivity index (χ0) is 16.8. The Labute approximate surface area is 146 Å². The molecule has 0 aliphatic carbocycles. The number of hydrogen-bond acceptors (Lipinski definition) is 2. The van der Waals surface area contributed by atoms with Crippen LogP contribution < -0.4 is 5.32 Å². The van der Waals surface area contributed by atoms with Crippen molar-refractivity contribution in [3.63, 3.8) is 0 Å². The highest BCUT2D eigenvalue weighted by Gasteiger charge is 2.22. The molecule has 2 heteroatoms. The molecule has 1 fully saturated rings. The summed E-state index contributed by atoms with van der Waals surface area (Å²) in [6.45, 7) is 9.19. The number of piperazine rings is 1. The summed E-state index contributed by atoms with van der Waals surface area (Å²) in [5.41, 5.74) is 4.07. The largest absolute Gasteiger partial charge is 0.314 e. The predicted octanol–water partition coefficient (Wildman–Crippen LogP) is 4.74. The van der Waals surface area contributed by atoms with Crippen LogP contribution in [-0.2, 0) is 0 Å². The van der Waals surface area contributed by atoms with Crippen LogP contribution in [-0.4, -0.2) is 31.1 Å². The number of nitrogens with one attached hydrogen (secondary N) is 1. The minimum Gasteiger partial charge on any atom is -0.314 e. The zero-order valence-electron chi connectivity index (χ0n) is 15.0. The Morgan fingerprint density at radius 3 is 2.08 bits per heavy atom. The summed E-state index contributed by atoms with van der Waals surface area (Å²) in [6.07, 6.45) is 2.54. The van der Waals surface area contributed by atoms with Gasteiger partial charge in [0, 0.05) is 32.2 Å². The first kappa shape index (κ1) is 17.2. The topological polar surface area (TPSA) is 15.3 Å². The summed E-state index contributed by atoms with van der Waals surface area (Å²) in [4.78, 5) is 2.66. The van der Waals surface area contributed by atoms with E-state index in [1.165, 1.54) is 29.5 Å². The first-order valence-corrected chi connectivity index (χ1v) is 9.34. The van der Waals surface area contributed by atoms with E-state index in [-0.39, 0.29) is 0 Å². The standard InChI is InChI=1S/C22H30N2/c1-18(2)8-13-22(24-16-14-23-15-17-24)21-11-9-20(10-12-21)19-6-4-3-5-7-19/h3-7,9-12,18,22-23H,8,13-17H2,1-2H3/t22-/m1/s1. The third kappa shape index (κ3) is 4.46. The first-order chi connectivity index (χ1) is 11.7. The molecule has 0 bridgehead atoms. The van der Waals surface area contributed by atoms with Crippen LogP contribution in [0.5, 0.6) is 0 Å². The second-order valence-corrected chi connectivity index (χ2v) is 7.26. The van der Waals surface area contributed by atoms with E-state index in [0.717, 1.165) is 32.1 Å². The molecular formula is C22H30N2. The van der Waals surface area contributed by atoms with Crippen LogP contribution >= 0.6 is 0 Å². The maximum absolute atomic E-state index is 3.47. The molecule has 128 valence electrons. The molecule has 0 radical (unpaired) electrons. The van der Waals surface area contributed by atoms with E-state index in [0.29, 0.717) is 6.04 Å². The Bertz CT molecular complexity index is 598. The molecule has 0 aromatic heterocycles. The van der Waals surface area contributed by atoms with Crippen LogP contribution in [0, 0.1) is 5.92 Å². The first-order valence-electron chi connectivity index (χ1n) is 9.34. The van der Waals surface area contributed by atoms with E-state index in [2.05, 4.69) is 78.7 Å². The van der Waals surface area contributed by atoms with E-state index in [4.69, 9.17) is 0 Å². The summed E-state index contributed by atoms with van der Waals surface area (Å²) in [7, 11) is 0. The Kier molecular flexibility index (Phi) is 6.06. The molecule has 2 aromatic carbocycles. The van der Waals surface area contributed by atoms with Gasteiger partial charge >= 0.3 is 0 Å². The Hall–Kier alpha value is -1.64. The normalized spacial score (nSPS) is 17.1. The molecule has 0 amide bonds. The van der Waals surface area contributed by atoms with Gasteiger partial charge in [0.1, 0.15) is 0 Å². The second kappa shape index (κ2) is 8.46. The van der Waals surface area contributed by atoms with Gasteiger partial charge in [-0.1, -0.05) is 68.4 Å². The Morgan fingerprint density at radius 1 is 0.833 bits per heavy atom. The molecule has 1 N–H and O–H groups in total. The Balaban J connectivity index is 1.78. The van der Waals surface area contributed by atoms with E-state index in [1.807, 2.05) is 0 Å². The van der Waals surface area contributed by atoms with Crippen molar-refractivity contribution >= 4 is 0 Å². The van der Waals surface area contributed by atoms with Gasteiger partial charge in [-0.3, -0.25) is 4.90 Å². The van der Waals surface area contributed by atoms with Gasteiger partial charge in [0.05, 0.1) is 0 Å². The van der Waals surface area contributed by atoms with Crippen LogP contribution in [0.4, 0.5) is 0 Å². The van der Waals surface area contributed by atoms with Gasteiger partial charge in [0.2, 0.25) is 0 Å². The quantitative estimate of drug-likeness (QED) is 0.826. The average Bonchev–Trinajstić information content (AvgIpc) is 2.64. The SMILES string of the molecule is CC(C)CC[C@H](c1ccc(-c2ccccc2)cc1)N1CCNCC1. The fourth-order valence-corrected chi connectivity index (χ4v) is 3.57. The summed E-state index contributed by atoms with van der Waals surface area (Å²) in [5.74, 6) is 0.763. The maximum atomic E-state index is 3.47. The molecule has 0 saturated carbocycles. The molecule has 1 aliphatic heterocycles. The van der Waals surface area contributed by atoms with E-state index in [1.54, 1.807) is 0 Å². The summed E-state index contributed by atoms with van der Waals surface area (Å²) >= 11 is 0. The number of benzene rings is 2. The summed E-state index contributed by atoms with van der Waals surface area (Å²) in [5, 5.41) is 3.47. The lowest BCUT2D eigenvalue weighted by Crippen LogP contribution is -2.45. The van der Waals surface area contributed by atoms with E-state index >= 15 is 0 Å². The summed E-state index contributed by atoms with van der Waals surface area (Å²) in [6, 6.07) is 20.5. The van der Waals surface area contributed by atoms with E-state index in [9.17, 15) is 0 Å². The lowest BCUT2D eigenvalue weighted by Gasteiger charge is -2.35. The number of hydrogen-bond donors (Lipinski definition) is 1. The molecule has 2 aromatic rings. The van der Waals surface area contributed by atoms with Gasteiger partial charge in [-0.15, -0.1) is 0 Å². The molecule has 1 aliphatic rings. The highest BCUT2D eigenvalue weighted by atomic mass is 15.2. The predicted molar refractivity (Wildman–Crippen MR) is 103 cm³/mol. The molecule has 2 nitrogen and oxygen atoms in total. The van der Waals surface area contributed by atoms with Crippen molar-refractivity contribution in [1.29, 1.82) is 0 Å². The third-order valence-corrected chi connectivity index (χ3v) is 5.01. The van der Waals surface area contributed by atoms with Gasteiger partial charge in [-0.2, -0.15) is 0 Å². The Morgan fingerprint density at radius 2 is 1.46 bits per heavy atom. The molecule has 24 heavy (non-hydrogen) atoms. The van der Waals surface area contributed by atoms with Crippen LogP contribution in [0.3, 0.4) is 0 Å². The molecule has 1 saturated heterocycles. The zero-order valence-corrected chi connectivity index (χ0v) is 15.0. The summed E-state index contributed by atoms with van der Waals surface area (Å²) < 4.78 is 0. The van der Waals surface area contributed by atoms with Gasteiger partial charge in [0.25, 0.3) is 0 Å². The highest BCUT2D eigenvalue weighted by Crippen LogP contribution is 2.29. The van der Waals surface area contributed by atoms with Crippen molar-refractivity contribution in [2.75, 3.05) is 26.2 Å². The van der Waals surface area contributed by atoms with Crippen molar-refractivity contribution in [2.24, 2.45) is 5.92 Å². The van der Waals surface area contributed by atoms with Gasteiger partial charge < -0.3 is 5.32 Å². The molecule has 0 spiro atoms. The fraction of sp³-hybridized carbons (Fsp3) is 0.455. The van der Waals surface area contributed by atoms with Crippen LogP contribution in [0.2, 0.25) is 0 Å². The molecule has 0 unspecified atom stereocenters. The van der Waals surface area contributed by atoms with Crippen molar-refractivity contribution in [1.82, 2.24) is 10.2 Å². The monoisotopic (exact) mass is 322 g/mol. The van der Waals surface area contributed by atoms with Crippen molar-refractivity contribution in [3.05, 3.63) is 60.2 Å². The van der Waals surface area contributed by atoms with Gasteiger partial charge in [0.15, 0.2) is 0 Å². The minimum atomic E-state index is 0.555. The molecule has 1 atom stereocenters. The number of nitrogens with zero attached hydrogens (tertiary/aromatic N) is 1. The van der Waals surface area contributed by atoms with Crippen molar-refractivity contribution in [3.8, 4) is 11.1 Å². The lowest BCUT2D eigenvalue weighted by atomic mass is 9.94. The second-order valence-electron chi connectivity index (χ2n) is 7.26. The van der Waals surface area contributed by atoms with Gasteiger partial charge in [-0.05, 0) is 35.4 Å². The highest BCUT2D eigenvalue weighted by molar-refractivity contribution is 5.63. The molecule has 3 rings (SSSR count).